The van der Waals surface area contributed by atoms with Crippen LogP contribution in [0.15, 0.2) is 12.4 Å². The summed E-state index contributed by atoms with van der Waals surface area (Å²) >= 11 is 0. The summed E-state index contributed by atoms with van der Waals surface area (Å²) < 4.78 is 21.1. The summed E-state index contributed by atoms with van der Waals surface area (Å²) in [5.41, 5.74) is 0.975. The molecule has 0 amide bonds. The average Bonchev–Trinajstić information content (AvgIpc) is 2.08. The number of nitrogens with zero attached hydrogens (tertiary/aromatic N) is 2. The summed E-state index contributed by atoms with van der Waals surface area (Å²) in [5.74, 6) is 0.581. The molecular formula is C8H12N2O2S. The lowest BCUT2D eigenvalue weighted by Gasteiger charge is -2.01. The van der Waals surface area contributed by atoms with Crippen molar-refractivity contribution in [3.63, 3.8) is 0 Å². The van der Waals surface area contributed by atoms with Crippen LogP contribution in [0.4, 0.5) is 0 Å². The first-order chi connectivity index (χ1) is 6.09. The lowest BCUT2D eigenvalue weighted by atomic mass is 10.3. The van der Waals surface area contributed by atoms with Crippen molar-refractivity contribution in [3.8, 4) is 0 Å². The maximum absolute atomic E-state index is 10.6. The fourth-order valence-corrected chi connectivity index (χ4v) is 1.18. The smallest absolute Gasteiger partial charge is 0.143 e. The molecule has 1 aromatic heterocycles. The van der Waals surface area contributed by atoms with E-state index in [1.54, 1.807) is 19.3 Å². The quantitative estimate of drug-likeness (QED) is 0.714. The molecule has 5 heteroatoms. The number of hydrogen-bond acceptors (Lipinski definition) is 4. The molecule has 1 atom stereocenters. The summed E-state index contributed by atoms with van der Waals surface area (Å²) in [4.78, 5) is 8.04. The van der Waals surface area contributed by atoms with Gasteiger partial charge < -0.3 is 0 Å². The molecule has 0 unspecified atom stereocenters. The van der Waals surface area contributed by atoms with Crippen LogP contribution >= 0.6 is 0 Å². The van der Waals surface area contributed by atoms with Crippen LogP contribution in [-0.2, 0) is 17.1 Å². The Morgan fingerprint density at radius 1 is 1.38 bits per heavy atom. The second-order valence-electron chi connectivity index (χ2n) is 3.02. The molecule has 1 rings (SSSR count). The third-order valence-electron chi connectivity index (χ3n) is 1.67. The minimum atomic E-state index is -2.37. The Labute approximate surface area is 79.0 Å². The van der Waals surface area contributed by atoms with E-state index < -0.39 is 16.0 Å². The lowest BCUT2D eigenvalue weighted by molar-refractivity contribution is 0.600. The molecule has 4 nitrogen and oxygen atoms in total. The SMILES string of the molecule is Cc1cnc(C[C@H](C)[SH](=O)=O)nc1. The van der Waals surface area contributed by atoms with Crippen LogP contribution in [0.5, 0.6) is 0 Å². The number of aryl methyl sites for hydroxylation is 1. The zero-order valence-electron chi connectivity index (χ0n) is 7.60. The molecule has 0 radical (unpaired) electrons. The molecule has 0 N–H and O–H groups in total. The van der Waals surface area contributed by atoms with Crippen molar-refractivity contribution in [1.29, 1.82) is 0 Å². The van der Waals surface area contributed by atoms with Crippen molar-refractivity contribution in [1.82, 2.24) is 9.97 Å². The van der Waals surface area contributed by atoms with Crippen LogP contribution in [0.2, 0.25) is 0 Å². The number of rotatable bonds is 3. The molecule has 0 fully saturated rings. The molecule has 0 aliphatic carbocycles. The second kappa shape index (κ2) is 4.32. The van der Waals surface area contributed by atoms with E-state index in [9.17, 15) is 8.42 Å². The van der Waals surface area contributed by atoms with Gasteiger partial charge in [0, 0.05) is 18.8 Å². The van der Waals surface area contributed by atoms with E-state index in [-0.39, 0.29) is 0 Å². The number of aromatic nitrogens is 2. The predicted octanol–water partition coefficient (Wildman–Crippen LogP) is 0.327. The van der Waals surface area contributed by atoms with Crippen molar-refractivity contribution >= 4 is 10.7 Å². The molecule has 0 spiro atoms. The Morgan fingerprint density at radius 2 is 1.92 bits per heavy atom. The second-order valence-corrected chi connectivity index (χ2v) is 4.47. The van der Waals surface area contributed by atoms with Crippen LogP contribution in [0.1, 0.15) is 18.3 Å². The molecule has 0 saturated heterocycles. The normalized spacial score (nSPS) is 13.2. The molecule has 0 saturated carbocycles. The van der Waals surface area contributed by atoms with Gasteiger partial charge >= 0.3 is 0 Å². The van der Waals surface area contributed by atoms with Gasteiger partial charge in [0.25, 0.3) is 0 Å². The molecule has 1 aromatic rings. The minimum Gasteiger partial charge on any atom is -0.241 e. The summed E-state index contributed by atoms with van der Waals surface area (Å²) in [7, 11) is -2.37. The van der Waals surface area contributed by atoms with E-state index in [0.29, 0.717) is 12.2 Å². The van der Waals surface area contributed by atoms with E-state index in [0.717, 1.165) is 5.56 Å². The molecule has 0 aromatic carbocycles. The van der Waals surface area contributed by atoms with E-state index in [1.165, 1.54) is 0 Å². The van der Waals surface area contributed by atoms with Crippen LogP contribution in [0.3, 0.4) is 0 Å². The fraction of sp³-hybridized carbons (Fsp3) is 0.500. The highest BCUT2D eigenvalue weighted by molar-refractivity contribution is 7.73. The fourth-order valence-electron chi connectivity index (χ4n) is 0.863. The summed E-state index contributed by atoms with van der Waals surface area (Å²) in [5, 5.41) is -0.391. The third-order valence-corrected chi connectivity index (χ3v) is 2.57. The van der Waals surface area contributed by atoms with Crippen molar-refractivity contribution in [2.45, 2.75) is 25.5 Å². The van der Waals surface area contributed by atoms with Gasteiger partial charge in [0.15, 0.2) is 0 Å². The Hall–Kier alpha value is -0.970. The molecule has 0 bridgehead atoms. The first-order valence-electron chi connectivity index (χ1n) is 4.00. The molecule has 0 aliphatic heterocycles. The van der Waals surface area contributed by atoms with Crippen molar-refractivity contribution in [2.75, 3.05) is 0 Å². The van der Waals surface area contributed by atoms with Crippen LogP contribution < -0.4 is 0 Å². The standard InChI is InChI=1S/C8H12N2O2S/c1-6-4-9-8(10-5-6)3-7(2)13(11)12/h4-5,7,13H,3H2,1-2H3/t7-/m0/s1. The molecule has 13 heavy (non-hydrogen) atoms. The van der Waals surface area contributed by atoms with E-state index in [4.69, 9.17) is 0 Å². The Morgan fingerprint density at radius 3 is 2.38 bits per heavy atom. The highest BCUT2D eigenvalue weighted by atomic mass is 32.2. The minimum absolute atomic E-state index is 0.388. The van der Waals surface area contributed by atoms with Crippen LogP contribution in [0.25, 0.3) is 0 Å². The number of hydrogen-bond donors (Lipinski definition) is 1. The zero-order chi connectivity index (χ0) is 9.84. The summed E-state index contributed by atoms with van der Waals surface area (Å²) in [6.07, 6.45) is 3.76. The van der Waals surface area contributed by atoms with Gasteiger partial charge in [-0.3, -0.25) is 0 Å². The van der Waals surface area contributed by atoms with Gasteiger partial charge in [-0.15, -0.1) is 0 Å². The highest BCUT2D eigenvalue weighted by Gasteiger charge is 2.07. The Bertz CT molecular complexity index is 338. The van der Waals surface area contributed by atoms with Crippen LogP contribution in [0, 0.1) is 6.92 Å². The third kappa shape index (κ3) is 3.10. The van der Waals surface area contributed by atoms with Crippen molar-refractivity contribution < 1.29 is 8.42 Å². The van der Waals surface area contributed by atoms with Crippen molar-refractivity contribution in [2.24, 2.45) is 0 Å². The summed E-state index contributed by atoms with van der Waals surface area (Å²) in [6.45, 7) is 3.54. The van der Waals surface area contributed by atoms with Gasteiger partial charge in [0.2, 0.25) is 0 Å². The highest BCUT2D eigenvalue weighted by Crippen LogP contribution is 1.99. The first kappa shape index (κ1) is 10.1. The Balaban J connectivity index is 2.69. The maximum atomic E-state index is 10.6. The lowest BCUT2D eigenvalue weighted by Crippen LogP contribution is -2.10. The maximum Gasteiger partial charge on any atom is 0.143 e. The predicted molar refractivity (Wildman–Crippen MR) is 50.2 cm³/mol. The van der Waals surface area contributed by atoms with Crippen molar-refractivity contribution in [3.05, 3.63) is 23.8 Å². The average molecular weight is 200 g/mol. The Kier molecular flexibility index (Phi) is 3.36. The zero-order valence-corrected chi connectivity index (χ0v) is 8.49. The van der Waals surface area contributed by atoms with E-state index >= 15 is 0 Å². The van der Waals surface area contributed by atoms with Gasteiger partial charge in [0.05, 0.1) is 5.25 Å². The number of thiol groups is 1. The molecule has 1 heterocycles. The topological polar surface area (TPSA) is 59.9 Å². The van der Waals surface area contributed by atoms with Gasteiger partial charge in [-0.25, -0.2) is 18.4 Å². The van der Waals surface area contributed by atoms with Crippen LogP contribution in [-0.4, -0.2) is 23.6 Å². The molecular weight excluding hydrogens is 188 g/mol. The van der Waals surface area contributed by atoms with Gasteiger partial charge in [-0.1, -0.05) is 0 Å². The van der Waals surface area contributed by atoms with E-state index in [2.05, 4.69) is 9.97 Å². The largest absolute Gasteiger partial charge is 0.241 e. The summed E-state index contributed by atoms with van der Waals surface area (Å²) in [6, 6.07) is 0. The monoisotopic (exact) mass is 200 g/mol. The molecule has 0 aliphatic rings. The van der Waals surface area contributed by atoms with Gasteiger partial charge in [-0.05, 0) is 19.4 Å². The van der Waals surface area contributed by atoms with Gasteiger partial charge in [-0.2, -0.15) is 0 Å². The first-order valence-corrected chi connectivity index (χ1v) is 5.25. The molecule has 72 valence electrons. The van der Waals surface area contributed by atoms with E-state index in [1.807, 2.05) is 6.92 Å². The van der Waals surface area contributed by atoms with Gasteiger partial charge in [0.1, 0.15) is 16.5 Å².